The summed E-state index contributed by atoms with van der Waals surface area (Å²) in [4.78, 5) is 2.53. The van der Waals surface area contributed by atoms with Crippen molar-refractivity contribution in [1.82, 2.24) is 10.2 Å². The van der Waals surface area contributed by atoms with Crippen LogP contribution in [0.4, 0.5) is 0 Å². The molecule has 1 aliphatic heterocycles. The monoisotopic (exact) mass is 236 g/mol. The average molecular weight is 236 g/mol. The van der Waals surface area contributed by atoms with E-state index < -0.39 is 0 Å². The van der Waals surface area contributed by atoms with E-state index in [1.165, 1.54) is 31.4 Å². The number of furan rings is 1. The van der Waals surface area contributed by atoms with Gasteiger partial charge in [0.05, 0.1) is 6.54 Å². The first-order valence-electron chi connectivity index (χ1n) is 6.67. The minimum atomic E-state index is 0.696. The molecule has 1 atom stereocenters. The van der Waals surface area contributed by atoms with E-state index in [-0.39, 0.29) is 0 Å². The number of piperidine rings is 1. The van der Waals surface area contributed by atoms with Crippen LogP contribution in [0.25, 0.3) is 0 Å². The van der Waals surface area contributed by atoms with Crippen LogP contribution < -0.4 is 5.32 Å². The maximum Gasteiger partial charge on any atom is 0.118 e. The topological polar surface area (TPSA) is 28.4 Å². The number of nitrogens with zero attached hydrogens (tertiary/aromatic N) is 1. The summed E-state index contributed by atoms with van der Waals surface area (Å²) in [5.74, 6) is 2.17. The van der Waals surface area contributed by atoms with Crippen LogP contribution in [0.1, 0.15) is 43.3 Å². The van der Waals surface area contributed by atoms with Crippen molar-refractivity contribution < 1.29 is 4.42 Å². The molecule has 3 heteroatoms. The lowest BCUT2D eigenvalue weighted by Gasteiger charge is -2.32. The number of hydrogen-bond acceptors (Lipinski definition) is 3. The number of aryl methyl sites for hydroxylation is 1. The molecule has 1 unspecified atom stereocenters. The fourth-order valence-corrected chi connectivity index (χ4v) is 2.62. The molecule has 0 spiro atoms. The molecule has 0 bridgehead atoms. The molecular formula is C14H24N2O. The molecule has 0 saturated carbocycles. The van der Waals surface area contributed by atoms with Crippen molar-refractivity contribution in [2.45, 2.75) is 52.2 Å². The summed E-state index contributed by atoms with van der Waals surface area (Å²) >= 11 is 0. The third-order valence-corrected chi connectivity index (χ3v) is 3.74. The van der Waals surface area contributed by atoms with Crippen molar-refractivity contribution in [2.24, 2.45) is 0 Å². The predicted octanol–water partition coefficient (Wildman–Crippen LogP) is 2.68. The maximum absolute atomic E-state index is 5.84. The van der Waals surface area contributed by atoms with Gasteiger partial charge in [-0.25, -0.2) is 0 Å². The van der Waals surface area contributed by atoms with Crippen molar-refractivity contribution in [2.75, 3.05) is 13.6 Å². The molecular weight excluding hydrogens is 212 g/mol. The summed E-state index contributed by atoms with van der Waals surface area (Å²) < 4.78 is 5.84. The van der Waals surface area contributed by atoms with Gasteiger partial charge < -0.3 is 9.73 Å². The lowest BCUT2D eigenvalue weighted by Crippen LogP contribution is -2.36. The summed E-state index contributed by atoms with van der Waals surface area (Å²) in [6.45, 7) is 7.44. The third-order valence-electron chi connectivity index (χ3n) is 3.74. The first kappa shape index (κ1) is 12.7. The Hall–Kier alpha value is -0.800. The van der Waals surface area contributed by atoms with Gasteiger partial charge in [0.25, 0.3) is 0 Å². The molecule has 0 aliphatic carbocycles. The molecule has 1 fully saturated rings. The molecule has 1 N–H and O–H groups in total. The van der Waals surface area contributed by atoms with E-state index in [0.717, 1.165) is 24.6 Å². The summed E-state index contributed by atoms with van der Waals surface area (Å²) in [5, 5.41) is 3.18. The molecule has 1 aromatic heterocycles. The van der Waals surface area contributed by atoms with Crippen molar-refractivity contribution >= 4 is 0 Å². The van der Waals surface area contributed by atoms with Crippen LogP contribution in [0, 0.1) is 6.92 Å². The largest absolute Gasteiger partial charge is 0.465 e. The normalized spacial score (nSPS) is 21.9. The standard InChI is InChI=1S/C14H24N2O/c1-11-6-4-5-7-16(11)10-14-8-13(9-15-3)12(2)17-14/h8,11,15H,4-7,9-10H2,1-3H3. The zero-order valence-electron chi connectivity index (χ0n) is 11.3. The Bertz CT molecular complexity index is 359. The highest BCUT2D eigenvalue weighted by Crippen LogP contribution is 2.21. The Kier molecular flexibility index (Phi) is 4.24. The van der Waals surface area contributed by atoms with E-state index in [2.05, 4.69) is 30.1 Å². The van der Waals surface area contributed by atoms with Crippen LogP contribution in [0.5, 0.6) is 0 Å². The number of nitrogens with one attached hydrogen (secondary N) is 1. The van der Waals surface area contributed by atoms with E-state index in [9.17, 15) is 0 Å². The van der Waals surface area contributed by atoms with Gasteiger partial charge in [0.1, 0.15) is 11.5 Å². The van der Waals surface area contributed by atoms with Gasteiger partial charge in [-0.2, -0.15) is 0 Å². The average Bonchev–Trinajstić information content (AvgIpc) is 2.63. The molecule has 0 aromatic carbocycles. The predicted molar refractivity (Wildman–Crippen MR) is 69.9 cm³/mol. The van der Waals surface area contributed by atoms with E-state index in [0.29, 0.717) is 6.04 Å². The van der Waals surface area contributed by atoms with Gasteiger partial charge in [0.15, 0.2) is 0 Å². The van der Waals surface area contributed by atoms with Crippen molar-refractivity contribution in [3.05, 3.63) is 23.2 Å². The van der Waals surface area contributed by atoms with Crippen molar-refractivity contribution in [3.8, 4) is 0 Å². The van der Waals surface area contributed by atoms with Gasteiger partial charge in [-0.1, -0.05) is 6.42 Å². The molecule has 3 nitrogen and oxygen atoms in total. The summed E-state index contributed by atoms with van der Waals surface area (Å²) in [7, 11) is 1.97. The summed E-state index contributed by atoms with van der Waals surface area (Å²) in [5.41, 5.74) is 1.28. The first-order chi connectivity index (χ1) is 8.20. The molecule has 2 rings (SSSR count). The van der Waals surface area contributed by atoms with Gasteiger partial charge >= 0.3 is 0 Å². The summed E-state index contributed by atoms with van der Waals surface area (Å²) in [6.07, 6.45) is 4.02. The van der Waals surface area contributed by atoms with E-state index in [1.807, 2.05) is 7.05 Å². The zero-order chi connectivity index (χ0) is 12.3. The van der Waals surface area contributed by atoms with Crippen LogP contribution in [0.3, 0.4) is 0 Å². The van der Waals surface area contributed by atoms with Gasteiger partial charge in [-0.15, -0.1) is 0 Å². The van der Waals surface area contributed by atoms with E-state index >= 15 is 0 Å². The highest BCUT2D eigenvalue weighted by molar-refractivity contribution is 5.20. The minimum Gasteiger partial charge on any atom is -0.465 e. The number of rotatable bonds is 4. The second kappa shape index (κ2) is 5.69. The lowest BCUT2D eigenvalue weighted by molar-refractivity contribution is 0.141. The Morgan fingerprint density at radius 1 is 1.47 bits per heavy atom. The van der Waals surface area contributed by atoms with Gasteiger partial charge in [-0.3, -0.25) is 4.90 Å². The lowest BCUT2D eigenvalue weighted by atomic mass is 10.0. The smallest absolute Gasteiger partial charge is 0.118 e. The van der Waals surface area contributed by atoms with Crippen LogP contribution in [0.15, 0.2) is 10.5 Å². The highest BCUT2D eigenvalue weighted by Gasteiger charge is 2.19. The third kappa shape index (κ3) is 3.11. The summed E-state index contributed by atoms with van der Waals surface area (Å²) in [6, 6.07) is 2.90. The molecule has 1 aliphatic rings. The van der Waals surface area contributed by atoms with Crippen molar-refractivity contribution in [3.63, 3.8) is 0 Å². The second-order valence-electron chi connectivity index (χ2n) is 5.14. The molecule has 1 saturated heterocycles. The Morgan fingerprint density at radius 3 is 3.00 bits per heavy atom. The number of hydrogen-bond donors (Lipinski definition) is 1. The van der Waals surface area contributed by atoms with Crippen LogP contribution in [-0.4, -0.2) is 24.5 Å². The van der Waals surface area contributed by atoms with Gasteiger partial charge in [-0.05, 0) is 46.3 Å². The molecule has 0 amide bonds. The Balaban J connectivity index is 2.00. The van der Waals surface area contributed by atoms with Crippen LogP contribution in [0.2, 0.25) is 0 Å². The van der Waals surface area contributed by atoms with Crippen LogP contribution >= 0.6 is 0 Å². The highest BCUT2D eigenvalue weighted by atomic mass is 16.3. The quantitative estimate of drug-likeness (QED) is 0.871. The second-order valence-corrected chi connectivity index (χ2v) is 5.14. The minimum absolute atomic E-state index is 0.696. The zero-order valence-corrected chi connectivity index (χ0v) is 11.3. The Labute approximate surface area is 104 Å². The fraction of sp³-hybridized carbons (Fsp3) is 0.714. The van der Waals surface area contributed by atoms with Gasteiger partial charge in [0.2, 0.25) is 0 Å². The SMILES string of the molecule is CNCc1cc(CN2CCCCC2C)oc1C. The molecule has 17 heavy (non-hydrogen) atoms. The fourth-order valence-electron chi connectivity index (χ4n) is 2.62. The Morgan fingerprint density at radius 2 is 2.29 bits per heavy atom. The maximum atomic E-state index is 5.84. The molecule has 2 heterocycles. The molecule has 96 valence electrons. The van der Waals surface area contributed by atoms with E-state index in [1.54, 1.807) is 0 Å². The number of likely N-dealkylation sites (tertiary alicyclic amines) is 1. The van der Waals surface area contributed by atoms with Crippen molar-refractivity contribution in [1.29, 1.82) is 0 Å². The molecule has 0 radical (unpaired) electrons. The first-order valence-corrected chi connectivity index (χ1v) is 6.67. The van der Waals surface area contributed by atoms with Crippen LogP contribution in [-0.2, 0) is 13.1 Å². The van der Waals surface area contributed by atoms with E-state index in [4.69, 9.17) is 4.42 Å². The molecule has 1 aromatic rings. The van der Waals surface area contributed by atoms with Gasteiger partial charge in [0, 0.05) is 18.2 Å².